The first kappa shape index (κ1) is 19.6. The summed E-state index contributed by atoms with van der Waals surface area (Å²) in [7, 11) is 0. The van der Waals surface area contributed by atoms with E-state index >= 15 is 0 Å². The molecule has 1 N–H and O–H groups in total. The SMILES string of the molecule is CCOc1ccc2nc(N3CCC(C(=O)NCc4cccc(F)c4)CC3)sc2c1. The normalized spacial score (nSPS) is 14.9. The van der Waals surface area contributed by atoms with Gasteiger partial charge in [-0.25, -0.2) is 9.37 Å². The summed E-state index contributed by atoms with van der Waals surface area (Å²) in [6, 6.07) is 12.3. The average molecular weight is 414 g/mol. The largest absolute Gasteiger partial charge is 0.494 e. The number of hydrogen-bond donors (Lipinski definition) is 1. The number of fused-ring (bicyclic) bond motifs is 1. The number of rotatable bonds is 6. The van der Waals surface area contributed by atoms with Gasteiger partial charge in [0.1, 0.15) is 11.6 Å². The Morgan fingerprint density at radius 2 is 2.10 bits per heavy atom. The molecule has 152 valence electrons. The van der Waals surface area contributed by atoms with Crippen LogP contribution >= 0.6 is 11.3 Å². The van der Waals surface area contributed by atoms with E-state index in [2.05, 4.69) is 10.2 Å². The monoisotopic (exact) mass is 413 g/mol. The standard InChI is InChI=1S/C22H24FN3O2S/c1-2-28-18-6-7-19-20(13-18)29-22(25-19)26-10-8-16(9-11-26)21(27)24-14-15-4-3-5-17(23)12-15/h3-7,12-13,16H,2,8-11,14H2,1H3,(H,24,27). The van der Waals surface area contributed by atoms with Gasteiger partial charge < -0.3 is 15.0 Å². The fourth-order valence-corrected chi connectivity index (χ4v) is 4.64. The number of nitrogens with zero attached hydrogens (tertiary/aromatic N) is 2. The second-order valence-corrected chi connectivity index (χ2v) is 8.18. The zero-order valence-corrected chi connectivity index (χ0v) is 17.2. The summed E-state index contributed by atoms with van der Waals surface area (Å²) in [6.45, 7) is 4.58. The Morgan fingerprint density at radius 3 is 2.86 bits per heavy atom. The third kappa shape index (κ3) is 4.67. The summed E-state index contributed by atoms with van der Waals surface area (Å²) in [5.41, 5.74) is 1.75. The van der Waals surface area contributed by atoms with Crippen molar-refractivity contribution in [2.45, 2.75) is 26.3 Å². The Morgan fingerprint density at radius 1 is 1.28 bits per heavy atom. The summed E-state index contributed by atoms with van der Waals surface area (Å²) in [5, 5.41) is 3.93. The Bertz CT molecular complexity index is 999. The summed E-state index contributed by atoms with van der Waals surface area (Å²) >= 11 is 1.66. The lowest BCUT2D eigenvalue weighted by Crippen LogP contribution is -2.40. The molecule has 1 fully saturated rings. The molecule has 0 aliphatic carbocycles. The molecule has 2 aromatic carbocycles. The molecule has 0 spiro atoms. The van der Waals surface area contributed by atoms with Crippen LogP contribution in [0.15, 0.2) is 42.5 Å². The maximum absolute atomic E-state index is 13.3. The quantitative estimate of drug-likeness (QED) is 0.652. The lowest BCUT2D eigenvalue weighted by molar-refractivity contribution is -0.125. The van der Waals surface area contributed by atoms with E-state index in [-0.39, 0.29) is 17.6 Å². The van der Waals surface area contributed by atoms with Gasteiger partial charge in [-0.05, 0) is 55.7 Å². The molecule has 7 heteroatoms. The minimum absolute atomic E-state index is 0.0151. The summed E-state index contributed by atoms with van der Waals surface area (Å²) in [5.74, 6) is 0.608. The number of carbonyl (C=O) groups excluding carboxylic acids is 1. The van der Waals surface area contributed by atoms with Gasteiger partial charge >= 0.3 is 0 Å². The zero-order valence-electron chi connectivity index (χ0n) is 16.4. The van der Waals surface area contributed by atoms with E-state index in [4.69, 9.17) is 9.72 Å². The van der Waals surface area contributed by atoms with E-state index in [1.807, 2.05) is 31.2 Å². The highest BCUT2D eigenvalue weighted by atomic mass is 32.1. The van der Waals surface area contributed by atoms with Crippen LogP contribution in [0.3, 0.4) is 0 Å². The van der Waals surface area contributed by atoms with E-state index in [1.165, 1.54) is 12.1 Å². The number of carbonyl (C=O) groups is 1. The molecule has 1 amide bonds. The number of halogens is 1. The number of aromatic nitrogens is 1. The minimum atomic E-state index is -0.283. The molecule has 29 heavy (non-hydrogen) atoms. The highest BCUT2D eigenvalue weighted by Crippen LogP contribution is 2.33. The van der Waals surface area contributed by atoms with Crippen LogP contribution in [0.2, 0.25) is 0 Å². The molecule has 5 nitrogen and oxygen atoms in total. The van der Waals surface area contributed by atoms with Crippen molar-refractivity contribution in [2.24, 2.45) is 5.92 Å². The second kappa shape index (κ2) is 8.78. The molecular formula is C22H24FN3O2S. The molecule has 1 saturated heterocycles. The predicted octanol–water partition coefficient (Wildman–Crippen LogP) is 4.37. The fraction of sp³-hybridized carbons (Fsp3) is 0.364. The van der Waals surface area contributed by atoms with Crippen LogP contribution in [0.1, 0.15) is 25.3 Å². The van der Waals surface area contributed by atoms with Crippen LogP contribution in [0.25, 0.3) is 10.2 Å². The van der Waals surface area contributed by atoms with Crippen molar-refractivity contribution in [2.75, 3.05) is 24.6 Å². The van der Waals surface area contributed by atoms with Gasteiger partial charge in [-0.1, -0.05) is 23.5 Å². The molecule has 0 unspecified atom stereocenters. The van der Waals surface area contributed by atoms with Gasteiger partial charge in [-0.2, -0.15) is 0 Å². The number of ether oxygens (including phenoxy) is 1. The van der Waals surface area contributed by atoms with E-state index in [1.54, 1.807) is 17.4 Å². The number of nitrogens with one attached hydrogen (secondary N) is 1. The minimum Gasteiger partial charge on any atom is -0.494 e. The van der Waals surface area contributed by atoms with Crippen molar-refractivity contribution in [1.29, 1.82) is 0 Å². The molecule has 0 bridgehead atoms. The Labute approximate surface area is 173 Å². The van der Waals surface area contributed by atoms with Crippen LogP contribution in [0.5, 0.6) is 5.75 Å². The van der Waals surface area contributed by atoms with E-state index in [0.717, 1.165) is 52.6 Å². The first-order valence-corrected chi connectivity index (χ1v) is 10.7. The van der Waals surface area contributed by atoms with Crippen molar-refractivity contribution in [1.82, 2.24) is 10.3 Å². The Balaban J connectivity index is 1.33. The van der Waals surface area contributed by atoms with Gasteiger partial charge in [-0.15, -0.1) is 0 Å². The number of piperidine rings is 1. The smallest absolute Gasteiger partial charge is 0.223 e. The molecule has 0 atom stereocenters. The first-order valence-electron chi connectivity index (χ1n) is 9.93. The fourth-order valence-electron chi connectivity index (χ4n) is 3.60. The topological polar surface area (TPSA) is 54.5 Å². The third-order valence-corrected chi connectivity index (χ3v) is 6.23. The lowest BCUT2D eigenvalue weighted by atomic mass is 9.96. The van der Waals surface area contributed by atoms with E-state index in [0.29, 0.717) is 13.2 Å². The molecule has 2 heterocycles. The number of thiazole rings is 1. The van der Waals surface area contributed by atoms with E-state index < -0.39 is 0 Å². The molecule has 1 aliphatic rings. The third-order valence-electron chi connectivity index (χ3n) is 5.15. The van der Waals surface area contributed by atoms with Crippen molar-refractivity contribution in [3.8, 4) is 5.75 Å². The molecule has 0 saturated carbocycles. The van der Waals surface area contributed by atoms with Crippen molar-refractivity contribution in [3.63, 3.8) is 0 Å². The van der Waals surface area contributed by atoms with Crippen LogP contribution in [0, 0.1) is 11.7 Å². The number of benzene rings is 2. The second-order valence-electron chi connectivity index (χ2n) is 7.17. The highest BCUT2D eigenvalue weighted by Gasteiger charge is 2.26. The van der Waals surface area contributed by atoms with Crippen LogP contribution in [0.4, 0.5) is 9.52 Å². The number of anilines is 1. The van der Waals surface area contributed by atoms with Crippen LogP contribution < -0.4 is 15.0 Å². The molecule has 3 aromatic rings. The molecule has 1 aliphatic heterocycles. The predicted molar refractivity (Wildman–Crippen MR) is 114 cm³/mol. The highest BCUT2D eigenvalue weighted by molar-refractivity contribution is 7.22. The maximum Gasteiger partial charge on any atom is 0.223 e. The van der Waals surface area contributed by atoms with Crippen molar-refractivity contribution in [3.05, 3.63) is 53.8 Å². The molecular weight excluding hydrogens is 389 g/mol. The van der Waals surface area contributed by atoms with Crippen molar-refractivity contribution < 1.29 is 13.9 Å². The Kier molecular flexibility index (Phi) is 5.94. The van der Waals surface area contributed by atoms with Crippen molar-refractivity contribution >= 4 is 32.6 Å². The molecule has 1 aromatic heterocycles. The van der Waals surface area contributed by atoms with Gasteiger partial charge in [0.25, 0.3) is 0 Å². The number of amides is 1. The summed E-state index contributed by atoms with van der Waals surface area (Å²) in [4.78, 5) is 19.5. The van der Waals surface area contributed by atoms with E-state index in [9.17, 15) is 9.18 Å². The number of hydrogen-bond acceptors (Lipinski definition) is 5. The lowest BCUT2D eigenvalue weighted by Gasteiger charge is -2.31. The summed E-state index contributed by atoms with van der Waals surface area (Å²) < 4.78 is 19.9. The van der Waals surface area contributed by atoms with Gasteiger partial charge in [0.2, 0.25) is 5.91 Å². The average Bonchev–Trinajstić information content (AvgIpc) is 3.16. The van der Waals surface area contributed by atoms with Gasteiger partial charge in [-0.3, -0.25) is 4.79 Å². The first-order chi connectivity index (χ1) is 14.1. The van der Waals surface area contributed by atoms with Gasteiger partial charge in [0.05, 0.1) is 16.8 Å². The molecule has 0 radical (unpaired) electrons. The van der Waals surface area contributed by atoms with Gasteiger partial charge in [0.15, 0.2) is 5.13 Å². The van der Waals surface area contributed by atoms with Gasteiger partial charge in [0, 0.05) is 25.6 Å². The van der Waals surface area contributed by atoms with Crippen LogP contribution in [-0.2, 0) is 11.3 Å². The van der Waals surface area contributed by atoms with Crippen LogP contribution in [-0.4, -0.2) is 30.6 Å². The molecule has 4 rings (SSSR count). The summed E-state index contributed by atoms with van der Waals surface area (Å²) in [6.07, 6.45) is 1.57. The maximum atomic E-state index is 13.3. The zero-order chi connectivity index (χ0) is 20.2. The Hall–Kier alpha value is -2.67.